The van der Waals surface area contributed by atoms with E-state index < -0.39 is 10.0 Å². The normalized spacial score (nSPS) is 15.7. The van der Waals surface area contributed by atoms with Gasteiger partial charge in [-0.15, -0.1) is 0 Å². The first-order valence-corrected chi connectivity index (χ1v) is 8.09. The molecule has 0 spiro atoms. The van der Waals surface area contributed by atoms with Gasteiger partial charge in [-0.3, -0.25) is 0 Å². The van der Waals surface area contributed by atoms with Crippen LogP contribution in [0.2, 0.25) is 0 Å². The highest BCUT2D eigenvalue weighted by atomic mass is 32.2. The third kappa shape index (κ3) is 4.14. The summed E-state index contributed by atoms with van der Waals surface area (Å²) in [5.41, 5.74) is 0.969. The van der Waals surface area contributed by atoms with Crippen molar-refractivity contribution in [3.8, 4) is 0 Å². The van der Waals surface area contributed by atoms with Crippen LogP contribution in [0.3, 0.4) is 0 Å². The molecule has 0 atom stereocenters. The number of anilines is 1. The molecule has 1 fully saturated rings. The maximum absolute atomic E-state index is 11.6. The molecule has 1 aliphatic carbocycles. The Morgan fingerprint density at radius 2 is 2.11 bits per heavy atom. The molecule has 0 amide bonds. The van der Waals surface area contributed by atoms with Crippen LogP contribution in [0.4, 0.5) is 5.95 Å². The fourth-order valence-corrected chi connectivity index (χ4v) is 3.02. The summed E-state index contributed by atoms with van der Waals surface area (Å²) in [5.74, 6) is 0.883. The predicted octanol–water partition coefficient (Wildman–Crippen LogP) is 1.09. The Bertz CT molecular complexity index is 526. The van der Waals surface area contributed by atoms with E-state index in [0.29, 0.717) is 25.0 Å². The second-order valence-corrected chi connectivity index (χ2v) is 7.07. The van der Waals surface area contributed by atoms with Crippen LogP contribution in [0.1, 0.15) is 38.3 Å². The molecule has 106 valence electrons. The number of hydrogen-bond donors (Lipinski definition) is 2. The molecule has 0 bridgehead atoms. The monoisotopic (exact) mass is 284 g/mol. The van der Waals surface area contributed by atoms with Gasteiger partial charge in [0.2, 0.25) is 16.0 Å². The van der Waals surface area contributed by atoms with Gasteiger partial charge in [-0.1, -0.05) is 13.8 Å². The zero-order valence-corrected chi connectivity index (χ0v) is 12.1. The standard InChI is InChI=1S/C12H20N4O2S/c1-9(2)11-5-6-13-12(16-11)14-7-8-15-19(17,18)10-3-4-10/h5-6,9-10,15H,3-4,7-8H2,1-2H3,(H,13,14,16). The summed E-state index contributed by atoms with van der Waals surface area (Å²) in [7, 11) is -3.09. The number of nitrogens with zero attached hydrogens (tertiary/aromatic N) is 2. The Kier molecular flexibility index (Phi) is 4.36. The Labute approximate surface area is 114 Å². The summed E-state index contributed by atoms with van der Waals surface area (Å²) >= 11 is 0. The van der Waals surface area contributed by atoms with Crippen molar-refractivity contribution in [2.45, 2.75) is 37.9 Å². The molecule has 0 aromatic carbocycles. The van der Waals surface area contributed by atoms with Crippen molar-refractivity contribution in [1.29, 1.82) is 0 Å². The molecule has 6 nitrogen and oxygen atoms in total. The van der Waals surface area contributed by atoms with E-state index in [2.05, 4.69) is 33.9 Å². The highest BCUT2D eigenvalue weighted by Crippen LogP contribution is 2.27. The van der Waals surface area contributed by atoms with Crippen LogP contribution in [0.25, 0.3) is 0 Å². The number of hydrogen-bond acceptors (Lipinski definition) is 5. The average molecular weight is 284 g/mol. The van der Waals surface area contributed by atoms with Gasteiger partial charge in [0.1, 0.15) is 0 Å². The van der Waals surface area contributed by atoms with Crippen LogP contribution in [0.15, 0.2) is 12.3 Å². The van der Waals surface area contributed by atoms with Crippen molar-refractivity contribution >= 4 is 16.0 Å². The zero-order chi connectivity index (χ0) is 13.9. The largest absolute Gasteiger partial charge is 0.353 e. The number of aromatic nitrogens is 2. The Morgan fingerprint density at radius 1 is 1.37 bits per heavy atom. The molecule has 7 heteroatoms. The average Bonchev–Trinajstić information content (AvgIpc) is 3.19. The summed E-state index contributed by atoms with van der Waals surface area (Å²) < 4.78 is 25.7. The van der Waals surface area contributed by atoms with Crippen LogP contribution in [-0.2, 0) is 10.0 Å². The first kappa shape index (κ1) is 14.2. The molecule has 0 saturated heterocycles. The molecule has 1 aromatic rings. The molecule has 2 rings (SSSR count). The quantitative estimate of drug-likeness (QED) is 0.732. The van der Waals surface area contributed by atoms with Gasteiger partial charge in [-0.2, -0.15) is 0 Å². The Morgan fingerprint density at radius 3 is 2.74 bits per heavy atom. The molecule has 1 saturated carbocycles. The minimum atomic E-state index is -3.09. The Balaban J connectivity index is 1.78. The maximum atomic E-state index is 11.6. The van der Waals surface area contributed by atoms with Gasteiger partial charge in [0.05, 0.1) is 5.25 Å². The van der Waals surface area contributed by atoms with Gasteiger partial charge in [-0.05, 0) is 24.8 Å². The highest BCUT2D eigenvalue weighted by Gasteiger charge is 2.35. The van der Waals surface area contributed by atoms with Crippen molar-refractivity contribution in [2.24, 2.45) is 0 Å². The van der Waals surface area contributed by atoms with Crippen molar-refractivity contribution in [2.75, 3.05) is 18.4 Å². The van der Waals surface area contributed by atoms with Gasteiger partial charge < -0.3 is 5.32 Å². The fourth-order valence-electron chi connectivity index (χ4n) is 1.64. The molecule has 1 aromatic heterocycles. The van der Waals surface area contributed by atoms with Gasteiger partial charge in [0.15, 0.2) is 0 Å². The van der Waals surface area contributed by atoms with Crippen molar-refractivity contribution in [3.63, 3.8) is 0 Å². The summed E-state index contributed by atoms with van der Waals surface area (Å²) in [6.07, 6.45) is 3.27. The minimum Gasteiger partial charge on any atom is -0.353 e. The lowest BCUT2D eigenvalue weighted by Crippen LogP contribution is -2.31. The van der Waals surface area contributed by atoms with E-state index in [1.165, 1.54) is 0 Å². The number of sulfonamides is 1. The summed E-state index contributed by atoms with van der Waals surface area (Å²) in [4.78, 5) is 8.46. The van der Waals surface area contributed by atoms with Gasteiger partial charge in [0, 0.05) is 25.0 Å². The molecule has 0 radical (unpaired) electrons. The number of nitrogens with one attached hydrogen (secondary N) is 2. The van der Waals surface area contributed by atoms with E-state index >= 15 is 0 Å². The van der Waals surface area contributed by atoms with Crippen LogP contribution < -0.4 is 10.0 Å². The first-order chi connectivity index (χ1) is 8.99. The second kappa shape index (κ2) is 5.83. The van der Waals surface area contributed by atoms with E-state index in [1.807, 2.05) is 6.07 Å². The van der Waals surface area contributed by atoms with Gasteiger partial charge in [-0.25, -0.2) is 23.1 Å². The molecule has 0 unspecified atom stereocenters. The van der Waals surface area contributed by atoms with E-state index in [9.17, 15) is 8.42 Å². The molecular weight excluding hydrogens is 264 g/mol. The molecule has 19 heavy (non-hydrogen) atoms. The Hall–Kier alpha value is -1.21. The smallest absolute Gasteiger partial charge is 0.222 e. The minimum absolute atomic E-state index is 0.173. The van der Waals surface area contributed by atoms with Crippen LogP contribution in [0, 0.1) is 0 Å². The predicted molar refractivity (Wildman–Crippen MR) is 74.6 cm³/mol. The van der Waals surface area contributed by atoms with E-state index in [1.54, 1.807) is 6.20 Å². The summed E-state index contributed by atoms with van der Waals surface area (Å²) in [6.45, 7) is 4.97. The lowest BCUT2D eigenvalue weighted by atomic mass is 10.1. The third-order valence-electron chi connectivity index (χ3n) is 2.94. The van der Waals surface area contributed by atoms with Crippen LogP contribution in [-0.4, -0.2) is 36.7 Å². The topological polar surface area (TPSA) is 84.0 Å². The summed E-state index contributed by atoms with van der Waals surface area (Å²) in [6, 6.07) is 1.88. The molecule has 2 N–H and O–H groups in total. The molecule has 0 aliphatic heterocycles. The second-order valence-electron chi connectivity index (χ2n) is 5.03. The van der Waals surface area contributed by atoms with Gasteiger partial charge >= 0.3 is 0 Å². The number of rotatable bonds is 7. The summed E-state index contributed by atoms with van der Waals surface area (Å²) in [5, 5.41) is 2.85. The molecule has 1 aliphatic rings. The fraction of sp³-hybridized carbons (Fsp3) is 0.667. The van der Waals surface area contributed by atoms with Gasteiger partial charge in [0.25, 0.3) is 0 Å². The van der Waals surface area contributed by atoms with E-state index in [-0.39, 0.29) is 5.25 Å². The lowest BCUT2D eigenvalue weighted by molar-refractivity contribution is 0.581. The van der Waals surface area contributed by atoms with E-state index in [4.69, 9.17) is 0 Å². The van der Waals surface area contributed by atoms with Crippen molar-refractivity contribution < 1.29 is 8.42 Å². The van der Waals surface area contributed by atoms with Crippen molar-refractivity contribution in [1.82, 2.24) is 14.7 Å². The SMILES string of the molecule is CC(C)c1ccnc(NCCNS(=O)(=O)C2CC2)n1. The maximum Gasteiger partial charge on any atom is 0.222 e. The van der Waals surface area contributed by atoms with E-state index in [0.717, 1.165) is 18.5 Å². The first-order valence-electron chi connectivity index (χ1n) is 6.54. The van der Waals surface area contributed by atoms with Crippen molar-refractivity contribution in [3.05, 3.63) is 18.0 Å². The van der Waals surface area contributed by atoms with Crippen LogP contribution in [0.5, 0.6) is 0 Å². The van der Waals surface area contributed by atoms with Crippen LogP contribution >= 0.6 is 0 Å². The molecular formula is C12H20N4O2S. The molecule has 1 heterocycles. The third-order valence-corrected chi connectivity index (χ3v) is 4.90. The highest BCUT2D eigenvalue weighted by molar-refractivity contribution is 7.90. The lowest BCUT2D eigenvalue weighted by Gasteiger charge is -2.09. The zero-order valence-electron chi connectivity index (χ0n) is 11.3.